The van der Waals surface area contributed by atoms with Gasteiger partial charge in [-0.15, -0.1) is 0 Å². The largest absolute Gasteiger partial charge is 0.391 e. The normalized spacial score (nSPS) is 37.5. The van der Waals surface area contributed by atoms with Crippen LogP contribution in [0.25, 0.3) is 0 Å². The Bertz CT molecular complexity index is 459. The molecule has 0 spiro atoms. The van der Waals surface area contributed by atoms with Crippen LogP contribution < -0.4 is 4.90 Å². The van der Waals surface area contributed by atoms with Gasteiger partial charge in [-0.1, -0.05) is 18.2 Å². The number of piperazine rings is 1. The van der Waals surface area contributed by atoms with Crippen molar-refractivity contribution in [3.63, 3.8) is 0 Å². The molecule has 3 fully saturated rings. The van der Waals surface area contributed by atoms with Crippen molar-refractivity contribution >= 4 is 5.69 Å². The molecule has 20 heavy (non-hydrogen) atoms. The van der Waals surface area contributed by atoms with Crippen LogP contribution in [0.5, 0.6) is 0 Å². The van der Waals surface area contributed by atoms with Gasteiger partial charge in [0.05, 0.1) is 18.3 Å². The van der Waals surface area contributed by atoms with E-state index in [9.17, 15) is 5.11 Å². The molecular weight excluding hydrogens is 252 g/mol. The van der Waals surface area contributed by atoms with Crippen molar-refractivity contribution < 1.29 is 9.84 Å². The summed E-state index contributed by atoms with van der Waals surface area (Å²) in [5.41, 5.74) is 1.31. The van der Waals surface area contributed by atoms with Crippen molar-refractivity contribution in [2.24, 2.45) is 0 Å². The van der Waals surface area contributed by atoms with E-state index in [4.69, 9.17) is 4.74 Å². The summed E-state index contributed by atoms with van der Waals surface area (Å²) in [4.78, 5) is 4.89. The molecule has 3 aliphatic rings. The lowest BCUT2D eigenvalue weighted by molar-refractivity contribution is 0.0257. The van der Waals surface area contributed by atoms with E-state index in [2.05, 4.69) is 40.1 Å². The molecule has 0 unspecified atom stereocenters. The molecule has 2 heterocycles. The number of para-hydroxylation sites is 1. The van der Waals surface area contributed by atoms with Gasteiger partial charge < -0.3 is 14.7 Å². The second-order valence-electron chi connectivity index (χ2n) is 6.18. The van der Waals surface area contributed by atoms with E-state index in [1.807, 2.05) is 0 Å². The van der Waals surface area contributed by atoms with Crippen molar-refractivity contribution in [1.29, 1.82) is 0 Å². The fourth-order valence-corrected chi connectivity index (χ4v) is 3.73. The predicted molar refractivity (Wildman–Crippen MR) is 77.9 cm³/mol. The van der Waals surface area contributed by atoms with Gasteiger partial charge in [0, 0.05) is 44.3 Å². The lowest BCUT2D eigenvalue weighted by Crippen LogP contribution is -2.55. The van der Waals surface area contributed by atoms with Crippen LogP contribution in [-0.4, -0.2) is 60.5 Å². The molecule has 1 aliphatic carbocycles. The zero-order valence-electron chi connectivity index (χ0n) is 11.7. The van der Waals surface area contributed by atoms with E-state index in [1.165, 1.54) is 5.69 Å². The first-order valence-corrected chi connectivity index (χ1v) is 7.69. The highest BCUT2D eigenvalue weighted by molar-refractivity contribution is 5.46. The highest BCUT2D eigenvalue weighted by Gasteiger charge is 2.49. The molecule has 4 rings (SSSR count). The summed E-state index contributed by atoms with van der Waals surface area (Å²) in [6.45, 7) is 4.16. The molecule has 1 aromatic carbocycles. The van der Waals surface area contributed by atoms with Crippen molar-refractivity contribution in [3.8, 4) is 0 Å². The van der Waals surface area contributed by atoms with Gasteiger partial charge in [0.1, 0.15) is 0 Å². The Labute approximate surface area is 119 Å². The number of nitrogens with zero attached hydrogens (tertiary/aromatic N) is 2. The van der Waals surface area contributed by atoms with E-state index in [0.717, 1.165) is 39.0 Å². The standard InChI is InChI=1S/C16H22N2O2/c19-14-11-16-15(20-16)10-13(14)18-8-6-17(7-9-18)12-4-2-1-3-5-12/h1-5,13-16,19H,6-11H2/t13-,14-,15+,16-/m1/s1. The fraction of sp³-hybridized carbons (Fsp3) is 0.625. The molecule has 2 saturated heterocycles. The lowest BCUT2D eigenvalue weighted by atomic mass is 9.91. The first kappa shape index (κ1) is 12.6. The van der Waals surface area contributed by atoms with Crippen LogP contribution >= 0.6 is 0 Å². The number of epoxide rings is 1. The third-order valence-corrected chi connectivity index (χ3v) is 4.98. The smallest absolute Gasteiger partial charge is 0.0867 e. The molecular formula is C16H22N2O2. The highest BCUT2D eigenvalue weighted by atomic mass is 16.6. The van der Waals surface area contributed by atoms with Crippen molar-refractivity contribution in [2.45, 2.75) is 37.2 Å². The SMILES string of the molecule is O[C@@H]1C[C@H]2O[C@H]2C[C@H]1N1CCN(c2ccccc2)CC1. The number of anilines is 1. The molecule has 4 heteroatoms. The molecule has 0 amide bonds. The minimum absolute atomic E-state index is 0.206. The summed E-state index contributed by atoms with van der Waals surface area (Å²) in [6.07, 6.45) is 2.41. The van der Waals surface area contributed by atoms with E-state index < -0.39 is 0 Å². The van der Waals surface area contributed by atoms with Gasteiger partial charge in [-0.2, -0.15) is 0 Å². The van der Waals surface area contributed by atoms with Gasteiger partial charge in [-0.25, -0.2) is 0 Å². The van der Waals surface area contributed by atoms with Crippen LogP contribution in [0, 0.1) is 0 Å². The maximum Gasteiger partial charge on any atom is 0.0867 e. The number of aliphatic hydroxyl groups is 1. The summed E-state index contributed by atoms with van der Waals surface area (Å²) < 4.78 is 5.56. The number of rotatable bonds is 2. The number of fused-ring (bicyclic) bond motifs is 1. The molecule has 0 aromatic heterocycles. The second-order valence-corrected chi connectivity index (χ2v) is 6.18. The number of aliphatic hydroxyl groups excluding tert-OH is 1. The number of hydrogen-bond acceptors (Lipinski definition) is 4. The maximum absolute atomic E-state index is 10.3. The predicted octanol–water partition coefficient (Wildman–Crippen LogP) is 1.10. The van der Waals surface area contributed by atoms with E-state index >= 15 is 0 Å². The minimum atomic E-state index is -0.206. The Morgan fingerprint density at radius 2 is 1.65 bits per heavy atom. The number of hydrogen-bond donors (Lipinski definition) is 1. The zero-order chi connectivity index (χ0) is 13.5. The molecule has 1 saturated carbocycles. The minimum Gasteiger partial charge on any atom is -0.391 e. The van der Waals surface area contributed by atoms with Crippen LogP contribution in [0.4, 0.5) is 5.69 Å². The van der Waals surface area contributed by atoms with Crippen LogP contribution in [0.15, 0.2) is 30.3 Å². The average Bonchev–Trinajstić information content (AvgIpc) is 3.25. The quantitative estimate of drug-likeness (QED) is 0.820. The molecule has 0 bridgehead atoms. The Morgan fingerprint density at radius 1 is 0.950 bits per heavy atom. The highest BCUT2D eigenvalue weighted by Crippen LogP contribution is 2.38. The van der Waals surface area contributed by atoms with E-state index in [0.29, 0.717) is 18.2 Å². The molecule has 0 radical (unpaired) electrons. The number of benzene rings is 1. The Balaban J connectivity index is 1.37. The van der Waals surface area contributed by atoms with Crippen LogP contribution in [0.3, 0.4) is 0 Å². The molecule has 4 nitrogen and oxygen atoms in total. The van der Waals surface area contributed by atoms with Gasteiger partial charge in [-0.3, -0.25) is 4.90 Å². The molecule has 108 valence electrons. The molecule has 2 aliphatic heterocycles. The Morgan fingerprint density at radius 3 is 2.40 bits per heavy atom. The maximum atomic E-state index is 10.3. The van der Waals surface area contributed by atoms with Crippen molar-refractivity contribution in [2.75, 3.05) is 31.1 Å². The average molecular weight is 274 g/mol. The number of ether oxygens (including phenoxy) is 1. The summed E-state index contributed by atoms with van der Waals surface area (Å²) in [6, 6.07) is 10.9. The Hall–Kier alpha value is -1.10. The first-order chi connectivity index (χ1) is 9.81. The fourth-order valence-electron chi connectivity index (χ4n) is 3.73. The second kappa shape index (κ2) is 5.02. The Kier molecular flexibility index (Phi) is 3.17. The first-order valence-electron chi connectivity index (χ1n) is 7.69. The third-order valence-electron chi connectivity index (χ3n) is 4.98. The van der Waals surface area contributed by atoms with E-state index in [-0.39, 0.29) is 6.10 Å². The zero-order valence-corrected chi connectivity index (χ0v) is 11.7. The van der Waals surface area contributed by atoms with E-state index in [1.54, 1.807) is 0 Å². The van der Waals surface area contributed by atoms with Crippen LogP contribution in [-0.2, 0) is 4.74 Å². The molecule has 4 atom stereocenters. The van der Waals surface area contributed by atoms with Gasteiger partial charge >= 0.3 is 0 Å². The van der Waals surface area contributed by atoms with Crippen molar-refractivity contribution in [1.82, 2.24) is 4.90 Å². The van der Waals surface area contributed by atoms with Gasteiger partial charge in [-0.05, 0) is 18.6 Å². The van der Waals surface area contributed by atoms with Gasteiger partial charge in [0.25, 0.3) is 0 Å². The molecule has 1 aromatic rings. The monoisotopic (exact) mass is 274 g/mol. The summed E-state index contributed by atoms with van der Waals surface area (Å²) in [7, 11) is 0. The summed E-state index contributed by atoms with van der Waals surface area (Å²) >= 11 is 0. The molecule has 1 N–H and O–H groups in total. The van der Waals surface area contributed by atoms with Crippen LogP contribution in [0.1, 0.15) is 12.8 Å². The topological polar surface area (TPSA) is 39.2 Å². The lowest BCUT2D eigenvalue weighted by Gasteiger charge is -2.42. The van der Waals surface area contributed by atoms with Crippen LogP contribution in [0.2, 0.25) is 0 Å². The van der Waals surface area contributed by atoms with Crippen molar-refractivity contribution in [3.05, 3.63) is 30.3 Å². The summed E-state index contributed by atoms with van der Waals surface area (Å²) in [5.74, 6) is 0. The summed E-state index contributed by atoms with van der Waals surface area (Å²) in [5, 5.41) is 10.3. The van der Waals surface area contributed by atoms with Gasteiger partial charge in [0.2, 0.25) is 0 Å². The van der Waals surface area contributed by atoms with Gasteiger partial charge in [0.15, 0.2) is 0 Å². The third kappa shape index (κ3) is 2.32.